The largest absolute Gasteiger partial charge is 0.350 e. The van der Waals surface area contributed by atoms with Gasteiger partial charge in [0.15, 0.2) is 0 Å². The van der Waals surface area contributed by atoms with E-state index >= 15 is 0 Å². The first-order valence-electron chi connectivity index (χ1n) is 8.34. The van der Waals surface area contributed by atoms with Gasteiger partial charge in [-0.25, -0.2) is 14.4 Å². The molecule has 1 aliphatic rings. The summed E-state index contributed by atoms with van der Waals surface area (Å²) < 4.78 is 16.2. The van der Waals surface area contributed by atoms with Gasteiger partial charge in [0, 0.05) is 36.7 Å². The Labute approximate surface area is 145 Å². The molecular weight excluding hydrogens is 319 g/mol. The van der Waals surface area contributed by atoms with Crippen LogP contribution in [0.15, 0.2) is 48.9 Å². The summed E-state index contributed by atoms with van der Waals surface area (Å²) in [5.74, 6) is 0.236. The molecule has 25 heavy (non-hydrogen) atoms. The van der Waals surface area contributed by atoms with E-state index in [1.165, 1.54) is 6.07 Å². The van der Waals surface area contributed by atoms with E-state index in [9.17, 15) is 4.39 Å². The van der Waals surface area contributed by atoms with Crippen LogP contribution in [0.3, 0.4) is 0 Å². The fourth-order valence-electron chi connectivity index (χ4n) is 2.99. The van der Waals surface area contributed by atoms with Crippen molar-refractivity contribution in [3.8, 4) is 11.3 Å². The summed E-state index contributed by atoms with van der Waals surface area (Å²) in [5.41, 5.74) is 2.01. The van der Waals surface area contributed by atoms with E-state index in [2.05, 4.69) is 25.7 Å². The first kappa shape index (κ1) is 15.7. The van der Waals surface area contributed by atoms with Crippen LogP contribution in [0.2, 0.25) is 0 Å². The minimum absolute atomic E-state index is 0.295. The van der Waals surface area contributed by atoms with Crippen molar-refractivity contribution in [3.05, 3.63) is 60.3 Å². The first-order chi connectivity index (χ1) is 12.3. The highest BCUT2D eigenvalue weighted by Gasteiger charge is 2.16. The van der Waals surface area contributed by atoms with Crippen molar-refractivity contribution in [1.29, 1.82) is 0 Å². The van der Waals surface area contributed by atoms with Gasteiger partial charge in [0.05, 0.1) is 12.2 Å². The Morgan fingerprint density at radius 3 is 3.04 bits per heavy atom. The van der Waals surface area contributed by atoms with Gasteiger partial charge in [0.25, 0.3) is 0 Å². The number of aromatic nitrogens is 4. The van der Waals surface area contributed by atoms with E-state index in [0.29, 0.717) is 29.8 Å². The van der Waals surface area contributed by atoms with Gasteiger partial charge in [-0.3, -0.25) is 4.68 Å². The summed E-state index contributed by atoms with van der Waals surface area (Å²) in [5, 5.41) is 10.8. The quantitative estimate of drug-likeness (QED) is 0.747. The van der Waals surface area contributed by atoms with Gasteiger partial charge in [-0.15, -0.1) is 0 Å². The lowest BCUT2D eigenvalue weighted by atomic mass is 10.1. The van der Waals surface area contributed by atoms with Crippen LogP contribution in [0, 0.1) is 5.82 Å². The van der Waals surface area contributed by atoms with Gasteiger partial charge < -0.3 is 10.6 Å². The molecule has 0 bridgehead atoms. The summed E-state index contributed by atoms with van der Waals surface area (Å²) in [4.78, 5) is 8.75. The average molecular weight is 338 g/mol. The van der Waals surface area contributed by atoms with E-state index in [1.54, 1.807) is 29.2 Å². The smallest absolute Gasteiger partial charge is 0.223 e. The molecule has 1 unspecified atom stereocenters. The van der Waals surface area contributed by atoms with Crippen LogP contribution in [0.25, 0.3) is 11.3 Å². The van der Waals surface area contributed by atoms with Crippen molar-refractivity contribution in [1.82, 2.24) is 25.1 Å². The number of halogens is 1. The summed E-state index contributed by atoms with van der Waals surface area (Å²) in [6.45, 7) is 2.47. The zero-order valence-corrected chi connectivity index (χ0v) is 13.7. The fraction of sp³-hybridized carbons (Fsp3) is 0.278. The van der Waals surface area contributed by atoms with Gasteiger partial charge in [0.2, 0.25) is 5.95 Å². The Morgan fingerprint density at radius 2 is 2.24 bits per heavy atom. The molecule has 0 radical (unpaired) electrons. The number of nitrogens with zero attached hydrogens (tertiary/aromatic N) is 4. The molecule has 1 fully saturated rings. The molecule has 1 aliphatic heterocycles. The Balaban J connectivity index is 1.59. The van der Waals surface area contributed by atoms with E-state index < -0.39 is 0 Å². The molecule has 128 valence electrons. The zero-order chi connectivity index (χ0) is 17.1. The molecule has 7 heteroatoms. The van der Waals surface area contributed by atoms with Gasteiger partial charge in [-0.1, -0.05) is 6.07 Å². The standard InChI is InChI=1S/C18H19FN6/c19-16-3-2-13(12-25-9-1-6-22-25)10-15(16)17-5-8-21-18(24-17)23-14-4-7-20-11-14/h1-3,5-6,8-10,14,20H,4,7,11-12H2,(H,21,23,24). The minimum atomic E-state index is -0.295. The van der Waals surface area contributed by atoms with E-state index in [1.807, 2.05) is 18.3 Å². The van der Waals surface area contributed by atoms with Crippen molar-refractivity contribution < 1.29 is 4.39 Å². The van der Waals surface area contributed by atoms with Gasteiger partial charge >= 0.3 is 0 Å². The van der Waals surface area contributed by atoms with Crippen LogP contribution < -0.4 is 10.6 Å². The molecule has 2 N–H and O–H groups in total. The minimum Gasteiger partial charge on any atom is -0.350 e. The van der Waals surface area contributed by atoms with Crippen molar-refractivity contribution >= 4 is 5.95 Å². The second kappa shape index (κ2) is 6.98. The third kappa shape index (κ3) is 3.66. The van der Waals surface area contributed by atoms with Crippen molar-refractivity contribution in [3.63, 3.8) is 0 Å². The molecule has 0 aliphatic carbocycles. The van der Waals surface area contributed by atoms with Crippen LogP contribution in [0.4, 0.5) is 10.3 Å². The monoisotopic (exact) mass is 338 g/mol. The predicted molar refractivity (Wildman–Crippen MR) is 93.7 cm³/mol. The molecule has 6 nitrogen and oxygen atoms in total. The number of hydrogen-bond donors (Lipinski definition) is 2. The highest BCUT2D eigenvalue weighted by atomic mass is 19.1. The Kier molecular flexibility index (Phi) is 4.39. The summed E-state index contributed by atoms with van der Waals surface area (Å²) in [7, 11) is 0. The van der Waals surface area contributed by atoms with Crippen LogP contribution in [-0.2, 0) is 6.54 Å². The topological polar surface area (TPSA) is 67.7 Å². The molecular formula is C18H19FN6. The molecule has 4 rings (SSSR count). The summed E-state index contributed by atoms with van der Waals surface area (Å²) in [6, 6.07) is 8.97. The zero-order valence-electron chi connectivity index (χ0n) is 13.7. The lowest BCUT2D eigenvalue weighted by molar-refractivity contribution is 0.627. The predicted octanol–water partition coefficient (Wildman–Crippen LogP) is 2.30. The molecule has 1 saturated heterocycles. The molecule has 2 aromatic heterocycles. The molecule has 3 aromatic rings. The normalized spacial score (nSPS) is 16.9. The number of nitrogens with one attached hydrogen (secondary N) is 2. The number of benzene rings is 1. The number of anilines is 1. The maximum Gasteiger partial charge on any atom is 0.223 e. The van der Waals surface area contributed by atoms with Crippen molar-refractivity contribution in [2.45, 2.75) is 19.0 Å². The van der Waals surface area contributed by atoms with E-state index in [-0.39, 0.29) is 5.82 Å². The van der Waals surface area contributed by atoms with Gasteiger partial charge in [0.1, 0.15) is 5.82 Å². The van der Waals surface area contributed by atoms with Gasteiger partial charge in [-0.05, 0) is 42.8 Å². The second-order valence-corrected chi connectivity index (χ2v) is 6.12. The lowest BCUT2D eigenvalue weighted by Crippen LogP contribution is -2.23. The molecule has 0 spiro atoms. The summed E-state index contributed by atoms with van der Waals surface area (Å²) in [6.07, 6.45) is 6.30. The van der Waals surface area contributed by atoms with E-state index in [0.717, 1.165) is 25.1 Å². The summed E-state index contributed by atoms with van der Waals surface area (Å²) >= 11 is 0. The molecule has 0 saturated carbocycles. The van der Waals surface area contributed by atoms with Crippen LogP contribution in [-0.4, -0.2) is 38.9 Å². The van der Waals surface area contributed by atoms with Gasteiger partial charge in [-0.2, -0.15) is 5.10 Å². The number of rotatable bonds is 5. The molecule has 1 aromatic carbocycles. The second-order valence-electron chi connectivity index (χ2n) is 6.12. The molecule has 0 amide bonds. The Morgan fingerprint density at radius 1 is 1.28 bits per heavy atom. The molecule has 1 atom stereocenters. The van der Waals surface area contributed by atoms with Crippen molar-refractivity contribution in [2.24, 2.45) is 0 Å². The van der Waals surface area contributed by atoms with Crippen LogP contribution >= 0.6 is 0 Å². The average Bonchev–Trinajstić information content (AvgIpc) is 3.31. The highest BCUT2D eigenvalue weighted by Crippen LogP contribution is 2.23. The maximum atomic E-state index is 14.4. The number of hydrogen-bond acceptors (Lipinski definition) is 5. The van der Waals surface area contributed by atoms with Crippen LogP contribution in [0.5, 0.6) is 0 Å². The fourth-order valence-corrected chi connectivity index (χ4v) is 2.99. The Hall–Kier alpha value is -2.80. The third-order valence-electron chi connectivity index (χ3n) is 4.26. The maximum absolute atomic E-state index is 14.4. The highest BCUT2D eigenvalue weighted by molar-refractivity contribution is 5.62. The lowest BCUT2D eigenvalue weighted by Gasteiger charge is -2.12. The van der Waals surface area contributed by atoms with E-state index in [4.69, 9.17) is 0 Å². The van der Waals surface area contributed by atoms with Crippen molar-refractivity contribution in [2.75, 3.05) is 18.4 Å². The third-order valence-corrected chi connectivity index (χ3v) is 4.26. The first-order valence-corrected chi connectivity index (χ1v) is 8.34. The van der Waals surface area contributed by atoms with Crippen LogP contribution in [0.1, 0.15) is 12.0 Å². The Bertz CT molecular complexity index is 843. The SMILES string of the molecule is Fc1ccc(Cn2cccn2)cc1-c1ccnc(NC2CCNC2)n1. The molecule has 3 heterocycles.